The first-order valence-electron chi connectivity index (χ1n) is 7.53. The first kappa shape index (κ1) is 14.2. The van der Waals surface area contributed by atoms with Crippen LogP contribution < -0.4 is 0 Å². The molecule has 0 aromatic carbocycles. The van der Waals surface area contributed by atoms with E-state index in [2.05, 4.69) is 20.1 Å². The second kappa shape index (κ2) is 6.35. The smallest absolute Gasteiger partial charge is 0.241 e. The largest absolute Gasteiger partial charge is 0.472 e. The van der Waals surface area contributed by atoms with Crippen LogP contribution in [0.15, 0.2) is 46.0 Å². The summed E-state index contributed by atoms with van der Waals surface area (Å²) >= 11 is 0. The van der Waals surface area contributed by atoms with Crippen molar-refractivity contribution >= 4 is 0 Å². The highest BCUT2D eigenvalue weighted by Crippen LogP contribution is 2.17. The minimum atomic E-state index is 0.111. The van der Waals surface area contributed by atoms with E-state index in [1.165, 1.54) is 0 Å². The summed E-state index contributed by atoms with van der Waals surface area (Å²) < 4.78 is 18.1. The van der Waals surface area contributed by atoms with E-state index in [0.717, 1.165) is 25.2 Å². The van der Waals surface area contributed by atoms with Gasteiger partial charge < -0.3 is 13.7 Å². The van der Waals surface area contributed by atoms with Gasteiger partial charge in [0.05, 0.1) is 37.6 Å². The number of hydrogen-bond donors (Lipinski definition) is 0. The predicted octanol–water partition coefficient (Wildman–Crippen LogP) is 1.43. The van der Waals surface area contributed by atoms with Crippen LogP contribution in [0, 0.1) is 0 Å². The molecule has 4 rings (SSSR count). The molecule has 4 heterocycles. The van der Waals surface area contributed by atoms with Gasteiger partial charge in [-0.2, -0.15) is 10.1 Å². The molecule has 3 aromatic rings. The number of rotatable bonds is 5. The maximum absolute atomic E-state index is 5.80. The van der Waals surface area contributed by atoms with Crippen molar-refractivity contribution in [2.45, 2.75) is 19.2 Å². The van der Waals surface area contributed by atoms with Crippen molar-refractivity contribution in [1.29, 1.82) is 0 Å². The summed E-state index contributed by atoms with van der Waals surface area (Å²) in [5.41, 5.74) is 0.818. The second-order valence-corrected chi connectivity index (χ2v) is 5.48. The first-order chi connectivity index (χ1) is 11.4. The number of ether oxygens (including phenoxy) is 1. The van der Waals surface area contributed by atoms with Crippen LogP contribution >= 0.6 is 0 Å². The Morgan fingerprint density at radius 1 is 1.35 bits per heavy atom. The van der Waals surface area contributed by atoms with Gasteiger partial charge in [-0.25, -0.2) is 0 Å². The zero-order chi connectivity index (χ0) is 15.5. The van der Waals surface area contributed by atoms with Crippen molar-refractivity contribution < 1.29 is 13.7 Å². The van der Waals surface area contributed by atoms with Crippen LogP contribution in [-0.4, -0.2) is 50.6 Å². The molecule has 23 heavy (non-hydrogen) atoms. The average molecular weight is 315 g/mol. The van der Waals surface area contributed by atoms with E-state index in [1.807, 2.05) is 23.0 Å². The molecule has 8 nitrogen and oxygen atoms in total. The molecule has 1 saturated heterocycles. The molecular weight excluding hydrogens is 298 g/mol. The lowest BCUT2D eigenvalue weighted by molar-refractivity contribution is -0.0426. The van der Waals surface area contributed by atoms with Gasteiger partial charge in [-0.05, 0) is 12.1 Å². The number of aromatic nitrogens is 4. The molecule has 1 fully saturated rings. The fourth-order valence-electron chi connectivity index (χ4n) is 2.67. The molecule has 3 aromatic heterocycles. The normalized spacial score (nSPS) is 19.2. The third-order valence-corrected chi connectivity index (χ3v) is 3.78. The SMILES string of the molecule is c1cnn(C[C@H]2CN(Cc3nc(-c4ccoc4)no3)CCO2)c1. The monoisotopic (exact) mass is 315 g/mol. The summed E-state index contributed by atoms with van der Waals surface area (Å²) in [4.78, 5) is 6.66. The van der Waals surface area contributed by atoms with Gasteiger partial charge in [0, 0.05) is 25.5 Å². The van der Waals surface area contributed by atoms with Gasteiger partial charge in [-0.3, -0.25) is 9.58 Å². The maximum atomic E-state index is 5.80. The first-order valence-corrected chi connectivity index (χ1v) is 7.53. The summed E-state index contributed by atoms with van der Waals surface area (Å²) in [6, 6.07) is 3.72. The average Bonchev–Trinajstić information content (AvgIpc) is 3.30. The van der Waals surface area contributed by atoms with Gasteiger partial charge >= 0.3 is 0 Å². The van der Waals surface area contributed by atoms with Crippen LogP contribution in [0.5, 0.6) is 0 Å². The Bertz CT molecular complexity index is 722. The van der Waals surface area contributed by atoms with Crippen molar-refractivity contribution in [1.82, 2.24) is 24.8 Å². The molecule has 1 aliphatic heterocycles. The van der Waals surface area contributed by atoms with E-state index < -0.39 is 0 Å². The van der Waals surface area contributed by atoms with Crippen LogP contribution in [0.2, 0.25) is 0 Å². The Labute approximate surface area is 132 Å². The quantitative estimate of drug-likeness (QED) is 0.704. The molecule has 120 valence electrons. The lowest BCUT2D eigenvalue weighted by Gasteiger charge is -2.31. The van der Waals surface area contributed by atoms with E-state index in [-0.39, 0.29) is 6.10 Å². The Kier molecular flexibility index (Phi) is 3.91. The van der Waals surface area contributed by atoms with Crippen LogP contribution in [0.25, 0.3) is 11.4 Å². The molecular formula is C15H17N5O3. The fourth-order valence-corrected chi connectivity index (χ4v) is 2.67. The van der Waals surface area contributed by atoms with Crippen LogP contribution in [0.1, 0.15) is 5.89 Å². The van der Waals surface area contributed by atoms with Crippen molar-refractivity contribution in [3.63, 3.8) is 0 Å². The van der Waals surface area contributed by atoms with Crippen molar-refractivity contribution in [3.8, 4) is 11.4 Å². The highest BCUT2D eigenvalue weighted by Gasteiger charge is 2.23. The molecule has 0 bridgehead atoms. The highest BCUT2D eigenvalue weighted by molar-refractivity contribution is 5.51. The Morgan fingerprint density at radius 3 is 3.17 bits per heavy atom. The summed E-state index contributed by atoms with van der Waals surface area (Å²) in [6.07, 6.45) is 7.02. The van der Waals surface area contributed by atoms with Gasteiger partial charge in [-0.15, -0.1) is 0 Å². The summed E-state index contributed by atoms with van der Waals surface area (Å²) in [6.45, 7) is 3.70. The standard InChI is InChI=1S/C15H17N5O3/c1-3-16-20(4-1)9-13-8-19(5-7-22-13)10-14-17-15(18-23-14)12-2-6-21-11-12/h1-4,6,11,13H,5,7-10H2/t13-/m1/s1. The van der Waals surface area contributed by atoms with Gasteiger partial charge in [0.15, 0.2) is 0 Å². The Morgan fingerprint density at radius 2 is 2.35 bits per heavy atom. The molecule has 0 unspecified atom stereocenters. The van der Waals surface area contributed by atoms with Gasteiger partial charge in [0.2, 0.25) is 11.7 Å². The topological polar surface area (TPSA) is 82.4 Å². The number of nitrogens with zero attached hydrogens (tertiary/aromatic N) is 5. The molecule has 1 atom stereocenters. The van der Waals surface area contributed by atoms with E-state index in [4.69, 9.17) is 13.7 Å². The molecule has 0 saturated carbocycles. The lowest BCUT2D eigenvalue weighted by atomic mass is 10.2. The van der Waals surface area contributed by atoms with Gasteiger partial charge in [0.1, 0.15) is 6.26 Å². The summed E-state index contributed by atoms with van der Waals surface area (Å²) in [7, 11) is 0. The fraction of sp³-hybridized carbons (Fsp3) is 0.400. The zero-order valence-electron chi connectivity index (χ0n) is 12.5. The molecule has 0 spiro atoms. The third-order valence-electron chi connectivity index (χ3n) is 3.78. The molecule has 1 aliphatic rings. The zero-order valence-corrected chi connectivity index (χ0v) is 12.5. The van der Waals surface area contributed by atoms with Crippen molar-refractivity contribution in [2.75, 3.05) is 19.7 Å². The van der Waals surface area contributed by atoms with Crippen LogP contribution in [0.3, 0.4) is 0 Å². The molecule has 0 N–H and O–H groups in total. The molecule has 0 amide bonds. The number of morpholine rings is 1. The second-order valence-electron chi connectivity index (χ2n) is 5.48. The van der Waals surface area contributed by atoms with Crippen molar-refractivity contribution in [2.24, 2.45) is 0 Å². The minimum absolute atomic E-state index is 0.111. The lowest BCUT2D eigenvalue weighted by Crippen LogP contribution is -2.43. The molecule has 0 aliphatic carbocycles. The Hall–Kier alpha value is -2.45. The van der Waals surface area contributed by atoms with E-state index in [0.29, 0.717) is 24.9 Å². The maximum Gasteiger partial charge on any atom is 0.241 e. The highest BCUT2D eigenvalue weighted by atomic mass is 16.5. The summed E-state index contributed by atoms with van der Waals surface area (Å²) in [5.74, 6) is 1.15. The minimum Gasteiger partial charge on any atom is -0.472 e. The summed E-state index contributed by atoms with van der Waals surface area (Å²) in [5, 5.41) is 8.21. The van der Waals surface area contributed by atoms with E-state index in [9.17, 15) is 0 Å². The van der Waals surface area contributed by atoms with Gasteiger partial charge in [0.25, 0.3) is 0 Å². The van der Waals surface area contributed by atoms with Crippen molar-refractivity contribution in [3.05, 3.63) is 42.9 Å². The van der Waals surface area contributed by atoms with Crippen LogP contribution in [-0.2, 0) is 17.8 Å². The Balaban J connectivity index is 1.37. The van der Waals surface area contributed by atoms with E-state index in [1.54, 1.807) is 18.7 Å². The predicted molar refractivity (Wildman–Crippen MR) is 79.2 cm³/mol. The third kappa shape index (κ3) is 3.33. The van der Waals surface area contributed by atoms with E-state index >= 15 is 0 Å². The van der Waals surface area contributed by atoms with Crippen LogP contribution in [0.4, 0.5) is 0 Å². The molecule has 0 radical (unpaired) electrons. The number of hydrogen-bond acceptors (Lipinski definition) is 7. The molecule has 8 heteroatoms. The number of furan rings is 1. The van der Waals surface area contributed by atoms with Gasteiger partial charge in [-0.1, -0.05) is 5.16 Å².